The van der Waals surface area contributed by atoms with Gasteiger partial charge < -0.3 is 0 Å². The highest BCUT2D eigenvalue weighted by molar-refractivity contribution is 4.99. The van der Waals surface area contributed by atoms with Crippen LogP contribution in [0.25, 0.3) is 0 Å². The second-order valence-corrected chi connectivity index (χ2v) is 3.54. The molecule has 0 N–H and O–H groups in total. The summed E-state index contributed by atoms with van der Waals surface area (Å²) < 4.78 is 0. The molecule has 1 heteroatoms. The minimum absolute atomic E-state index is 0.883. The van der Waals surface area contributed by atoms with E-state index in [1.807, 2.05) is 6.07 Å². The Morgan fingerprint density at radius 2 is 2.17 bits per heavy atom. The summed E-state index contributed by atoms with van der Waals surface area (Å²) in [6, 6.07) is 7.73. The molecule has 0 saturated heterocycles. The van der Waals surface area contributed by atoms with Gasteiger partial charge in [0.25, 0.3) is 0 Å². The molecule has 0 atom stereocenters. The second-order valence-electron chi connectivity index (χ2n) is 3.54. The Balaban J connectivity index is 1.94. The van der Waals surface area contributed by atoms with Gasteiger partial charge in [0.05, 0.1) is 6.20 Å². The number of hydrogen-bond donors (Lipinski definition) is 0. The molecule has 2 rings (SSSR count). The molecule has 1 fully saturated rings. The molecule has 1 aliphatic rings. The van der Waals surface area contributed by atoms with Gasteiger partial charge in [-0.25, -0.2) is 0 Å². The summed E-state index contributed by atoms with van der Waals surface area (Å²) >= 11 is 0. The van der Waals surface area contributed by atoms with Crippen LogP contribution in [-0.4, -0.2) is 4.98 Å². The molecule has 1 aromatic rings. The van der Waals surface area contributed by atoms with Crippen LogP contribution in [0, 0.1) is 18.1 Å². The Kier molecular flexibility index (Phi) is 2.27. The lowest BCUT2D eigenvalue weighted by Gasteiger charge is -2.05. The number of aromatic nitrogens is 1. The first-order valence-corrected chi connectivity index (χ1v) is 4.68. The van der Waals surface area contributed by atoms with Crippen molar-refractivity contribution in [1.82, 2.24) is 4.98 Å². The Hall–Kier alpha value is -1.03. The molecular weight excluding hydrogens is 146 g/mol. The van der Waals surface area contributed by atoms with Crippen LogP contribution >= 0.6 is 0 Å². The highest BCUT2D eigenvalue weighted by Crippen LogP contribution is 2.26. The highest BCUT2D eigenvalue weighted by Gasteiger charge is 2.15. The first-order chi connectivity index (χ1) is 5.95. The summed E-state index contributed by atoms with van der Waals surface area (Å²) in [5, 5.41) is 0. The first-order valence-electron chi connectivity index (χ1n) is 4.68. The van der Waals surface area contributed by atoms with E-state index in [0.29, 0.717) is 0 Å². The zero-order chi connectivity index (χ0) is 8.23. The van der Waals surface area contributed by atoms with Gasteiger partial charge in [0.1, 0.15) is 0 Å². The summed E-state index contributed by atoms with van der Waals surface area (Å²) in [6.45, 7) is 0. The molecule has 0 amide bonds. The lowest BCUT2D eigenvalue weighted by Crippen LogP contribution is -1.99. The Morgan fingerprint density at radius 3 is 2.83 bits per heavy atom. The third-order valence-electron chi connectivity index (χ3n) is 2.59. The maximum Gasteiger partial charge on any atom is 0.0773 e. The summed E-state index contributed by atoms with van der Waals surface area (Å²) in [4.78, 5) is 4.26. The Morgan fingerprint density at radius 1 is 1.33 bits per heavy atom. The molecule has 0 unspecified atom stereocenters. The van der Waals surface area contributed by atoms with Crippen molar-refractivity contribution in [3.05, 3.63) is 30.1 Å². The molecule has 12 heavy (non-hydrogen) atoms. The van der Waals surface area contributed by atoms with Crippen LogP contribution in [0.5, 0.6) is 0 Å². The maximum atomic E-state index is 4.26. The monoisotopic (exact) mass is 159 g/mol. The van der Waals surface area contributed by atoms with Gasteiger partial charge in [-0.15, -0.1) is 0 Å². The van der Waals surface area contributed by atoms with Crippen LogP contribution in [0.4, 0.5) is 0 Å². The van der Waals surface area contributed by atoms with E-state index in [1.54, 1.807) is 6.20 Å². The van der Waals surface area contributed by atoms with E-state index in [9.17, 15) is 0 Å². The van der Waals surface area contributed by atoms with E-state index in [0.717, 1.165) is 12.3 Å². The quantitative estimate of drug-likeness (QED) is 0.645. The SMILES string of the molecule is c1cnc(CC2CCCC2)cc#1. The van der Waals surface area contributed by atoms with Crippen molar-refractivity contribution in [3.63, 3.8) is 0 Å². The smallest absolute Gasteiger partial charge is 0.0773 e. The predicted molar refractivity (Wildman–Crippen MR) is 47.6 cm³/mol. The van der Waals surface area contributed by atoms with E-state index < -0.39 is 0 Å². The fourth-order valence-electron chi connectivity index (χ4n) is 1.94. The standard InChI is InChI=1S/C11H13N/c1-2-6-10(5-1)9-11-7-3-4-8-12-11/h7-8,10H,1-2,5-6,9H2. The lowest BCUT2D eigenvalue weighted by molar-refractivity contribution is 0.539. The molecule has 1 aromatic heterocycles. The van der Waals surface area contributed by atoms with Crippen molar-refractivity contribution in [2.75, 3.05) is 0 Å². The average Bonchev–Trinajstić information content (AvgIpc) is 2.59. The van der Waals surface area contributed by atoms with Crippen LogP contribution in [0.1, 0.15) is 31.4 Å². The van der Waals surface area contributed by atoms with Gasteiger partial charge >= 0.3 is 0 Å². The number of hydrogen-bond acceptors (Lipinski definition) is 1. The summed E-state index contributed by atoms with van der Waals surface area (Å²) in [5.74, 6) is 0.883. The van der Waals surface area contributed by atoms with Crippen LogP contribution in [0.3, 0.4) is 0 Å². The number of rotatable bonds is 2. The molecule has 1 saturated carbocycles. The van der Waals surface area contributed by atoms with Crippen molar-refractivity contribution >= 4 is 0 Å². The summed E-state index contributed by atoms with van der Waals surface area (Å²) in [6.07, 6.45) is 8.46. The molecule has 0 radical (unpaired) electrons. The molecule has 0 aromatic carbocycles. The third kappa shape index (κ3) is 1.76. The predicted octanol–water partition coefficient (Wildman–Crippen LogP) is 2.41. The maximum absolute atomic E-state index is 4.26. The van der Waals surface area contributed by atoms with E-state index in [4.69, 9.17) is 0 Å². The van der Waals surface area contributed by atoms with Crippen molar-refractivity contribution in [3.8, 4) is 0 Å². The highest BCUT2D eigenvalue weighted by atomic mass is 14.7. The fraction of sp³-hybridized carbons (Fsp3) is 0.545. The second kappa shape index (κ2) is 3.58. The van der Waals surface area contributed by atoms with Crippen LogP contribution in [0.2, 0.25) is 0 Å². The van der Waals surface area contributed by atoms with Crippen molar-refractivity contribution in [2.24, 2.45) is 5.92 Å². The minimum atomic E-state index is 0.883. The van der Waals surface area contributed by atoms with E-state index in [-0.39, 0.29) is 0 Å². The van der Waals surface area contributed by atoms with E-state index in [1.165, 1.54) is 31.4 Å². The Bertz CT molecular complexity index is 224. The fourth-order valence-corrected chi connectivity index (χ4v) is 1.94. The third-order valence-corrected chi connectivity index (χ3v) is 2.59. The van der Waals surface area contributed by atoms with Gasteiger partial charge in [0.2, 0.25) is 0 Å². The molecule has 0 spiro atoms. The Labute approximate surface area is 73.8 Å². The summed E-state index contributed by atoms with van der Waals surface area (Å²) in [7, 11) is 0. The first kappa shape index (κ1) is 7.61. The van der Waals surface area contributed by atoms with Crippen LogP contribution in [-0.2, 0) is 6.42 Å². The van der Waals surface area contributed by atoms with E-state index in [2.05, 4.69) is 17.1 Å². The van der Waals surface area contributed by atoms with Crippen molar-refractivity contribution in [1.29, 1.82) is 0 Å². The molecule has 1 aliphatic carbocycles. The topological polar surface area (TPSA) is 12.9 Å². The normalized spacial score (nSPS) is 17.7. The molecule has 1 heterocycles. The van der Waals surface area contributed by atoms with Crippen molar-refractivity contribution < 1.29 is 0 Å². The molecule has 0 aliphatic heterocycles. The van der Waals surface area contributed by atoms with Gasteiger partial charge in [-0.3, -0.25) is 4.98 Å². The van der Waals surface area contributed by atoms with Gasteiger partial charge in [-0.05, 0) is 12.3 Å². The van der Waals surface area contributed by atoms with Crippen LogP contribution in [0.15, 0.2) is 12.3 Å². The molecular formula is C11H13N. The van der Waals surface area contributed by atoms with Gasteiger partial charge in [-0.2, -0.15) is 0 Å². The van der Waals surface area contributed by atoms with Gasteiger partial charge in [0, 0.05) is 11.8 Å². The largest absolute Gasteiger partial charge is 0.252 e. The lowest BCUT2D eigenvalue weighted by atomic mass is 10.0. The zero-order valence-corrected chi connectivity index (χ0v) is 7.21. The van der Waals surface area contributed by atoms with Crippen LogP contribution < -0.4 is 0 Å². The zero-order valence-electron chi connectivity index (χ0n) is 7.21. The average molecular weight is 159 g/mol. The number of nitrogens with zero attached hydrogens (tertiary/aromatic N) is 1. The molecule has 62 valence electrons. The van der Waals surface area contributed by atoms with Crippen molar-refractivity contribution in [2.45, 2.75) is 32.1 Å². The van der Waals surface area contributed by atoms with Gasteiger partial charge in [-0.1, -0.05) is 37.8 Å². The summed E-state index contributed by atoms with van der Waals surface area (Å²) in [5.41, 5.74) is 1.18. The minimum Gasteiger partial charge on any atom is -0.252 e. The van der Waals surface area contributed by atoms with Gasteiger partial charge in [0.15, 0.2) is 0 Å². The van der Waals surface area contributed by atoms with E-state index >= 15 is 0 Å². The molecule has 1 nitrogen and oxygen atoms in total. The molecule has 0 bridgehead atoms.